The average molecular weight is 1760 g/mol. The van der Waals surface area contributed by atoms with Crippen molar-refractivity contribution >= 4 is 130 Å². The zero-order chi connectivity index (χ0) is 92.1. The molecule has 0 aliphatic heterocycles. The number of amides is 17. The van der Waals surface area contributed by atoms with E-state index in [4.69, 9.17) is 28.7 Å². The molecule has 1 aromatic carbocycles. The van der Waals surface area contributed by atoms with Gasteiger partial charge in [0.25, 0.3) is 0 Å². The van der Waals surface area contributed by atoms with Crippen LogP contribution in [0.2, 0.25) is 0 Å². The molecule has 1 rings (SSSR count). The summed E-state index contributed by atoms with van der Waals surface area (Å²) in [6.07, 6.45) is -1.50. The summed E-state index contributed by atoms with van der Waals surface area (Å²) < 4.78 is 0. The largest absolute Gasteiger partial charge is 0.508 e. The number of rotatable bonds is 60. The number of unbranched alkanes of at least 4 members (excludes halogenated alkanes) is 2. The van der Waals surface area contributed by atoms with Gasteiger partial charge in [-0.2, -0.15) is 23.5 Å². The molecule has 121 heavy (non-hydrogen) atoms. The molecule has 31 N–H and O–H groups in total. The smallest absolute Gasteiger partial charge is 0.328 e. The van der Waals surface area contributed by atoms with Crippen LogP contribution in [0.15, 0.2) is 24.3 Å². The highest BCUT2D eigenvalue weighted by Gasteiger charge is 2.40. The average Bonchev–Trinajstić information content (AvgIpc) is 0.826. The Kier molecular flexibility index (Phi) is 51.5. The number of hydrogen-bond acceptors (Lipinski definition) is 28. The normalized spacial score (nSPS) is 15.7. The molecule has 0 aliphatic rings. The first-order valence-corrected chi connectivity index (χ1v) is 42.5. The number of carbonyl (C=O) groups excluding carboxylic acids is 17. The molecule has 0 heterocycles. The van der Waals surface area contributed by atoms with Gasteiger partial charge in [0.05, 0.1) is 38.4 Å². The van der Waals surface area contributed by atoms with E-state index >= 15 is 0 Å². The molecule has 0 unspecified atom stereocenters. The molecule has 0 saturated carbocycles. The number of phenols is 1. The minimum atomic E-state index is -1.94. The molecule has 1 aromatic rings. The predicted molar refractivity (Wildman–Crippen MR) is 444 cm³/mol. The summed E-state index contributed by atoms with van der Waals surface area (Å²) in [6.45, 7) is 10.8. The van der Waals surface area contributed by atoms with Crippen LogP contribution in [0.25, 0.3) is 0 Å². The number of carbonyl (C=O) groups is 18. The molecule has 684 valence electrons. The second kappa shape index (κ2) is 57.2. The van der Waals surface area contributed by atoms with Gasteiger partial charge in [-0.1, -0.05) is 60.1 Å². The molecular formula is C75H128N20O24S2. The van der Waals surface area contributed by atoms with Crippen molar-refractivity contribution in [1.82, 2.24) is 79.8 Å². The van der Waals surface area contributed by atoms with Crippen molar-refractivity contribution in [2.24, 2.45) is 46.4 Å². The Morgan fingerprint density at radius 1 is 0.405 bits per heavy atom. The van der Waals surface area contributed by atoms with Crippen molar-refractivity contribution in [2.75, 3.05) is 56.9 Å². The second-order valence-corrected chi connectivity index (χ2v) is 31.7. The van der Waals surface area contributed by atoms with Gasteiger partial charge < -0.3 is 139 Å². The van der Waals surface area contributed by atoms with Crippen LogP contribution in [0.4, 0.5) is 0 Å². The molecule has 0 saturated heterocycles. The van der Waals surface area contributed by atoms with E-state index in [9.17, 15) is 117 Å². The molecule has 0 bridgehead atoms. The highest BCUT2D eigenvalue weighted by atomic mass is 32.2. The van der Waals surface area contributed by atoms with Gasteiger partial charge in [0.2, 0.25) is 100 Å². The fourth-order valence-corrected chi connectivity index (χ4v) is 12.4. The highest BCUT2D eigenvalue weighted by molar-refractivity contribution is 7.98. The molecule has 0 radical (unpaired) electrons. The first kappa shape index (κ1) is 109. The number of hydrogen-bond donors (Lipinski definition) is 26. The van der Waals surface area contributed by atoms with Gasteiger partial charge >= 0.3 is 5.97 Å². The number of nitrogens with one attached hydrogen (secondary N) is 15. The zero-order valence-electron chi connectivity index (χ0n) is 70.2. The van der Waals surface area contributed by atoms with Crippen LogP contribution in [0.1, 0.15) is 145 Å². The topological polar surface area (TPSA) is 739 Å². The number of aromatic hydroxyl groups is 1. The molecule has 0 aliphatic carbocycles. The fraction of sp³-hybridized carbons (Fsp3) is 0.680. The minimum Gasteiger partial charge on any atom is -0.508 e. The molecular weight excluding hydrogens is 1630 g/mol. The van der Waals surface area contributed by atoms with Gasteiger partial charge in [-0.3, -0.25) is 81.5 Å². The monoisotopic (exact) mass is 1760 g/mol. The summed E-state index contributed by atoms with van der Waals surface area (Å²) in [7, 11) is 0. The molecule has 17 amide bonds. The van der Waals surface area contributed by atoms with E-state index in [0.717, 1.165) is 13.8 Å². The third kappa shape index (κ3) is 40.4. The molecule has 46 heteroatoms. The predicted octanol–water partition coefficient (Wildman–Crippen LogP) is -8.72. The molecule has 0 fully saturated rings. The van der Waals surface area contributed by atoms with E-state index in [2.05, 4.69) is 74.4 Å². The zero-order valence-corrected chi connectivity index (χ0v) is 71.9. The van der Waals surface area contributed by atoms with Gasteiger partial charge in [-0.25, -0.2) is 4.79 Å². The number of benzene rings is 1. The summed E-state index contributed by atoms with van der Waals surface area (Å²) in [5.74, 6) is -20.7. The first-order valence-electron chi connectivity index (χ1n) is 39.7. The van der Waals surface area contributed by atoms with Gasteiger partial charge in [0.1, 0.15) is 90.3 Å². The minimum absolute atomic E-state index is 0.0916. The quantitative estimate of drug-likeness (QED) is 0.0269. The number of nitrogens with two attached hydrogens (primary N) is 5. The maximum atomic E-state index is 14.8. The van der Waals surface area contributed by atoms with Crippen molar-refractivity contribution in [3.63, 3.8) is 0 Å². The number of carboxylic acids is 1. The standard InChI is InChI=1S/C75H128N20O24S2/c1-12-38(6)58(94-72(115)57(37(4)5)92-62(105)44(78)34-96)73(116)82-39(7)61(104)83-45(17-13-15-27-76)64(107)85-47(23-24-53(79)101)65(108)86-49(26-30-121-11)68(111)95-59(40(8)98)74(117)88-50(31-42-19-21-43(100)22-20-42)69(112)84-46(18-14-16-28-77)67(110)93-56(36(2)3)71(114)89-51(32-54(80)102)70(113)87-48(25-29-120-10)66(109)90-52(35-97)63(106)81-33-55(103)91-60(41(9)99)75(118)119/h19-22,36-41,44-52,56-60,96-100H,12-18,23-35,76-78H2,1-11H3,(H2,79,101)(H2,80,102)(H,81,106)(H,82,116)(H,83,104)(H,84,112)(H,85,107)(H,86,108)(H,87,113)(H,88,117)(H,89,114)(H,90,109)(H,91,103)(H,92,105)(H,93,110)(H,94,115)(H,95,111)(H,118,119)/t38-,39-,40+,41+,44-,45-,46-,47-,48-,49-,50-,51-,52-,56-,57-,58-,59-,60-/m0/s1. The summed E-state index contributed by atoms with van der Waals surface area (Å²) in [4.78, 5) is 245. The van der Waals surface area contributed by atoms with Crippen molar-refractivity contribution in [3.8, 4) is 5.75 Å². The van der Waals surface area contributed by atoms with Gasteiger partial charge in [0, 0.05) is 12.8 Å². The lowest BCUT2D eigenvalue weighted by Crippen LogP contribution is -2.62. The Bertz CT molecular complexity index is 3610. The Morgan fingerprint density at radius 2 is 0.785 bits per heavy atom. The van der Waals surface area contributed by atoms with Crippen LogP contribution in [-0.2, 0) is 92.7 Å². The van der Waals surface area contributed by atoms with E-state index in [1.54, 1.807) is 40.2 Å². The number of thioether (sulfide) groups is 2. The van der Waals surface area contributed by atoms with Crippen LogP contribution in [-0.4, -0.2) is 297 Å². The molecule has 0 spiro atoms. The fourth-order valence-electron chi connectivity index (χ4n) is 11.5. The van der Waals surface area contributed by atoms with Crippen LogP contribution < -0.4 is 108 Å². The summed E-state index contributed by atoms with van der Waals surface area (Å²) in [6, 6.07) is -18.3. The Hall–Kier alpha value is -10.1. The number of aliphatic hydroxyl groups excluding tert-OH is 4. The lowest BCUT2D eigenvalue weighted by molar-refractivity contribution is -0.144. The first-order chi connectivity index (χ1) is 56.9. The Labute approximate surface area is 710 Å². The van der Waals surface area contributed by atoms with E-state index in [-0.39, 0.29) is 75.3 Å². The molecule has 44 nitrogen and oxygen atoms in total. The van der Waals surface area contributed by atoms with Crippen molar-refractivity contribution in [2.45, 2.75) is 249 Å². The molecule has 0 aromatic heterocycles. The van der Waals surface area contributed by atoms with E-state index in [0.29, 0.717) is 18.4 Å². The highest BCUT2D eigenvalue weighted by Crippen LogP contribution is 2.17. The summed E-state index contributed by atoms with van der Waals surface area (Å²) in [5.41, 5.74) is 28.6. The number of phenolic OH excluding ortho intramolecular Hbond substituents is 1. The summed E-state index contributed by atoms with van der Waals surface area (Å²) in [5, 5.41) is 96.4. The van der Waals surface area contributed by atoms with Crippen LogP contribution in [0, 0.1) is 17.8 Å². The van der Waals surface area contributed by atoms with Crippen LogP contribution in [0.5, 0.6) is 5.75 Å². The van der Waals surface area contributed by atoms with Crippen molar-refractivity contribution in [1.29, 1.82) is 0 Å². The number of aliphatic carboxylic acids is 1. The second-order valence-electron chi connectivity index (χ2n) is 29.8. The number of aliphatic hydroxyl groups is 4. The lowest BCUT2D eigenvalue weighted by Gasteiger charge is -2.30. The maximum absolute atomic E-state index is 14.8. The van der Waals surface area contributed by atoms with Gasteiger partial charge in [-0.15, -0.1) is 0 Å². The van der Waals surface area contributed by atoms with Crippen molar-refractivity contribution < 1.29 is 117 Å². The third-order valence-corrected chi connectivity index (χ3v) is 20.2. The van der Waals surface area contributed by atoms with E-state index in [1.807, 2.05) is 5.32 Å². The van der Waals surface area contributed by atoms with Gasteiger partial charge in [-0.05, 0) is 151 Å². The number of carboxylic acid groups (broad SMARTS) is 1. The van der Waals surface area contributed by atoms with Crippen LogP contribution >= 0.6 is 23.5 Å². The molecule has 18 atom stereocenters. The van der Waals surface area contributed by atoms with Gasteiger partial charge in [0.15, 0.2) is 6.04 Å². The van der Waals surface area contributed by atoms with E-state index < -0.39 is 272 Å². The summed E-state index contributed by atoms with van der Waals surface area (Å²) >= 11 is 2.44. The van der Waals surface area contributed by atoms with Crippen LogP contribution in [0.3, 0.4) is 0 Å². The maximum Gasteiger partial charge on any atom is 0.328 e. The Balaban J connectivity index is 3.72. The lowest BCUT2D eigenvalue weighted by atomic mass is 9.96. The Morgan fingerprint density at radius 3 is 1.21 bits per heavy atom. The number of primary amides is 2. The third-order valence-electron chi connectivity index (χ3n) is 18.9. The van der Waals surface area contributed by atoms with E-state index in [1.165, 1.54) is 68.6 Å². The SMILES string of the molecule is CC[C@H](C)[C@H](NC(=O)[C@@H](NC(=O)[C@@H](N)CO)C(C)C)C(=O)N[C@@H](C)C(=O)N[C@@H](CCCCN)C(=O)N[C@@H](CCC(N)=O)C(=O)N[C@@H](CCSC)C(=O)N[C@H](C(=O)N[C@@H](Cc1ccc(O)cc1)C(=O)N[C@@H](CCCCN)C(=O)N[C@H](C(=O)N[C@@H](CC(N)=O)C(=O)N[C@@H](CCSC)C(=O)N[C@@H](CO)C(=O)NCC(=O)N[C@H](C(=O)O)[C@@H](C)O)C(C)C)[C@@H](C)O. The van der Waals surface area contributed by atoms with Crippen molar-refractivity contribution in [3.05, 3.63) is 29.8 Å².